The van der Waals surface area contributed by atoms with Crippen molar-refractivity contribution in [2.45, 2.75) is 18.3 Å². The van der Waals surface area contributed by atoms with E-state index >= 15 is 0 Å². The molecule has 1 aliphatic carbocycles. The fraction of sp³-hybridized carbons (Fsp3) is 0.130. The first-order valence-corrected chi connectivity index (χ1v) is 8.78. The highest BCUT2D eigenvalue weighted by Crippen LogP contribution is 2.48. The van der Waals surface area contributed by atoms with Gasteiger partial charge in [0.15, 0.2) is 0 Å². The maximum Gasteiger partial charge on any atom is 0.269 e. The average molecular weight is 341 g/mol. The summed E-state index contributed by atoms with van der Waals surface area (Å²) >= 11 is 0. The lowest BCUT2D eigenvalue weighted by Gasteiger charge is -2.20. The number of nitro groups is 1. The van der Waals surface area contributed by atoms with E-state index in [-0.39, 0.29) is 22.4 Å². The van der Waals surface area contributed by atoms with Gasteiger partial charge in [-0.3, -0.25) is 10.1 Å². The zero-order valence-electron chi connectivity index (χ0n) is 14.3. The van der Waals surface area contributed by atoms with Crippen molar-refractivity contribution in [3.05, 3.63) is 118 Å². The van der Waals surface area contributed by atoms with Gasteiger partial charge in [-0.1, -0.05) is 78.9 Å². The van der Waals surface area contributed by atoms with Crippen LogP contribution in [0.2, 0.25) is 0 Å². The Kier molecular flexibility index (Phi) is 4.36. The molecule has 1 aliphatic rings. The molecule has 3 heteroatoms. The molecule has 0 unspecified atom stereocenters. The van der Waals surface area contributed by atoms with Crippen molar-refractivity contribution in [2.24, 2.45) is 0 Å². The van der Waals surface area contributed by atoms with Crippen LogP contribution < -0.4 is 0 Å². The summed E-state index contributed by atoms with van der Waals surface area (Å²) in [6, 6.07) is 27.8. The highest BCUT2D eigenvalue weighted by Gasteiger charge is 2.31. The predicted octanol–water partition coefficient (Wildman–Crippen LogP) is 5.95. The monoisotopic (exact) mass is 341 g/mol. The molecule has 0 N–H and O–H groups in total. The third-order valence-corrected chi connectivity index (χ3v) is 5.09. The van der Waals surface area contributed by atoms with Crippen molar-refractivity contribution < 1.29 is 4.92 Å². The Morgan fingerprint density at radius 2 is 1.46 bits per heavy atom. The summed E-state index contributed by atoms with van der Waals surface area (Å²) in [4.78, 5) is 10.9. The Hall–Kier alpha value is -3.20. The molecule has 0 radical (unpaired) electrons. The lowest BCUT2D eigenvalue weighted by molar-refractivity contribution is -0.384. The number of rotatable bonds is 4. The minimum Gasteiger partial charge on any atom is -0.258 e. The molecule has 0 fully saturated rings. The summed E-state index contributed by atoms with van der Waals surface area (Å²) in [5.41, 5.74) is 4.95. The molecule has 0 bridgehead atoms. The molecule has 128 valence electrons. The molecule has 0 spiro atoms. The highest BCUT2D eigenvalue weighted by molar-refractivity contribution is 5.71. The standard InChI is InChI=1S/C23H19NO2/c25-24(26)21-13-7-12-19(14-21)23-16-20(17-8-3-1-4-9-17)15-22(23)18-10-5-2-6-11-18/h1-15,22-23H,16H2/t22-,23-/m0/s1. The Morgan fingerprint density at radius 3 is 2.15 bits per heavy atom. The van der Waals surface area contributed by atoms with Crippen LogP contribution in [0.3, 0.4) is 0 Å². The Bertz CT molecular complexity index is 948. The molecule has 26 heavy (non-hydrogen) atoms. The van der Waals surface area contributed by atoms with E-state index in [0.717, 1.165) is 12.0 Å². The maximum atomic E-state index is 11.2. The van der Waals surface area contributed by atoms with Crippen LogP contribution in [0, 0.1) is 10.1 Å². The molecule has 2 atom stereocenters. The summed E-state index contributed by atoms with van der Waals surface area (Å²) in [6.45, 7) is 0. The molecule has 3 nitrogen and oxygen atoms in total. The van der Waals surface area contributed by atoms with E-state index in [0.29, 0.717) is 0 Å². The number of nitro benzene ring substituents is 1. The minimum atomic E-state index is -0.318. The van der Waals surface area contributed by atoms with Gasteiger partial charge in [0.2, 0.25) is 0 Å². The molecule has 3 aromatic rings. The molecule has 0 aromatic heterocycles. The van der Waals surface area contributed by atoms with Gasteiger partial charge in [-0.25, -0.2) is 0 Å². The molecular formula is C23H19NO2. The van der Waals surface area contributed by atoms with Crippen LogP contribution in [-0.2, 0) is 0 Å². The van der Waals surface area contributed by atoms with Crippen molar-refractivity contribution >= 4 is 11.3 Å². The summed E-state index contributed by atoms with van der Waals surface area (Å²) in [6.07, 6.45) is 3.21. The fourth-order valence-corrected chi connectivity index (χ4v) is 3.83. The van der Waals surface area contributed by atoms with E-state index < -0.39 is 0 Å². The smallest absolute Gasteiger partial charge is 0.258 e. The van der Waals surface area contributed by atoms with Crippen molar-refractivity contribution in [1.82, 2.24) is 0 Å². The van der Waals surface area contributed by atoms with Gasteiger partial charge < -0.3 is 0 Å². The molecule has 0 amide bonds. The summed E-state index contributed by atoms with van der Waals surface area (Å²) in [7, 11) is 0. The predicted molar refractivity (Wildman–Crippen MR) is 104 cm³/mol. The van der Waals surface area contributed by atoms with Gasteiger partial charge in [0.05, 0.1) is 4.92 Å². The van der Waals surface area contributed by atoms with Gasteiger partial charge >= 0.3 is 0 Å². The number of benzene rings is 3. The lowest BCUT2D eigenvalue weighted by Crippen LogP contribution is -2.05. The van der Waals surface area contributed by atoms with Crippen LogP contribution in [0.5, 0.6) is 0 Å². The van der Waals surface area contributed by atoms with E-state index in [1.165, 1.54) is 16.7 Å². The van der Waals surface area contributed by atoms with Crippen LogP contribution in [0.1, 0.15) is 34.9 Å². The van der Waals surface area contributed by atoms with E-state index in [1.54, 1.807) is 18.2 Å². The first kappa shape index (κ1) is 16.3. The Morgan fingerprint density at radius 1 is 0.808 bits per heavy atom. The second kappa shape index (κ2) is 6.96. The molecule has 0 heterocycles. The lowest BCUT2D eigenvalue weighted by atomic mass is 9.83. The van der Waals surface area contributed by atoms with Gasteiger partial charge in [0, 0.05) is 18.1 Å². The molecule has 0 saturated carbocycles. The van der Waals surface area contributed by atoms with Gasteiger partial charge in [-0.15, -0.1) is 0 Å². The highest BCUT2D eigenvalue weighted by atomic mass is 16.6. The van der Waals surface area contributed by atoms with Gasteiger partial charge in [0.25, 0.3) is 5.69 Å². The Labute approximate surface area is 152 Å². The zero-order chi connectivity index (χ0) is 17.9. The maximum absolute atomic E-state index is 11.2. The van der Waals surface area contributed by atoms with E-state index in [9.17, 15) is 10.1 Å². The minimum absolute atomic E-state index is 0.155. The van der Waals surface area contributed by atoms with Crippen LogP contribution in [-0.4, -0.2) is 4.92 Å². The van der Waals surface area contributed by atoms with E-state index in [4.69, 9.17) is 0 Å². The van der Waals surface area contributed by atoms with Crippen LogP contribution in [0.4, 0.5) is 5.69 Å². The topological polar surface area (TPSA) is 43.1 Å². The normalized spacial score (nSPS) is 19.2. The quantitative estimate of drug-likeness (QED) is 0.435. The largest absolute Gasteiger partial charge is 0.269 e. The Balaban J connectivity index is 1.76. The average Bonchev–Trinajstić information content (AvgIpc) is 3.15. The second-order valence-electron chi connectivity index (χ2n) is 6.66. The van der Waals surface area contributed by atoms with Gasteiger partial charge in [0.1, 0.15) is 0 Å². The van der Waals surface area contributed by atoms with Crippen molar-refractivity contribution in [3.8, 4) is 0 Å². The molecular weight excluding hydrogens is 322 g/mol. The summed E-state index contributed by atoms with van der Waals surface area (Å²) in [5, 5.41) is 11.2. The number of allylic oxidation sites excluding steroid dienone is 2. The SMILES string of the molecule is O=[N+]([O-])c1cccc([C@@H]2CC(c3ccccc3)=C[C@H]2c2ccccc2)c1. The van der Waals surface area contributed by atoms with E-state index in [1.807, 2.05) is 42.5 Å². The van der Waals surface area contributed by atoms with E-state index in [2.05, 4.69) is 30.3 Å². The first-order chi connectivity index (χ1) is 12.7. The van der Waals surface area contributed by atoms with Crippen LogP contribution >= 0.6 is 0 Å². The summed E-state index contributed by atoms with van der Waals surface area (Å²) < 4.78 is 0. The molecule has 0 aliphatic heterocycles. The second-order valence-corrected chi connectivity index (χ2v) is 6.66. The van der Waals surface area contributed by atoms with Crippen molar-refractivity contribution in [1.29, 1.82) is 0 Å². The third kappa shape index (κ3) is 3.16. The zero-order valence-corrected chi connectivity index (χ0v) is 14.3. The number of non-ortho nitro benzene ring substituents is 1. The fourth-order valence-electron chi connectivity index (χ4n) is 3.83. The van der Waals surface area contributed by atoms with Crippen LogP contribution in [0.25, 0.3) is 5.57 Å². The first-order valence-electron chi connectivity index (χ1n) is 8.78. The third-order valence-electron chi connectivity index (χ3n) is 5.09. The van der Waals surface area contributed by atoms with Gasteiger partial charge in [-0.2, -0.15) is 0 Å². The number of hydrogen-bond acceptors (Lipinski definition) is 2. The molecule has 0 saturated heterocycles. The van der Waals surface area contributed by atoms with Crippen molar-refractivity contribution in [2.75, 3.05) is 0 Å². The van der Waals surface area contributed by atoms with Gasteiger partial charge in [-0.05, 0) is 34.6 Å². The molecule has 4 rings (SSSR count). The number of hydrogen-bond donors (Lipinski definition) is 0. The molecule has 3 aromatic carbocycles. The number of nitrogens with zero attached hydrogens (tertiary/aromatic N) is 1. The van der Waals surface area contributed by atoms with Crippen molar-refractivity contribution in [3.63, 3.8) is 0 Å². The summed E-state index contributed by atoms with van der Waals surface area (Å²) in [5.74, 6) is 0.418. The van der Waals surface area contributed by atoms with Crippen LogP contribution in [0.15, 0.2) is 91.0 Å².